The number of carbonyl (C=O) groups excluding carboxylic acids is 1. The molecule has 3 heterocycles. The first-order valence-corrected chi connectivity index (χ1v) is 10.2. The molecule has 0 aliphatic rings. The molecule has 0 bridgehead atoms. The van der Waals surface area contributed by atoms with Crippen LogP contribution in [0.25, 0.3) is 11.0 Å². The predicted molar refractivity (Wildman–Crippen MR) is 109 cm³/mol. The Morgan fingerprint density at radius 1 is 1.21 bits per heavy atom. The number of thiazole rings is 1. The summed E-state index contributed by atoms with van der Waals surface area (Å²) in [4.78, 5) is 24.7. The largest absolute Gasteiger partial charge is 0.346 e. The van der Waals surface area contributed by atoms with Crippen molar-refractivity contribution in [3.63, 3.8) is 0 Å². The Morgan fingerprint density at radius 2 is 2.07 bits per heavy atom. The standard InChI is InChI=1S/C20H22N6OS/c1-26-12-14(11-22-26)10-21-20(27)17-13-28-19(25-17)9-5-4-8-18-23-15-6-2-3-7-16(15)24-18/h2-3,6-7,11-13H,4-5,8-10H2,1H3,(H,21,27)(H,23,24). The van der Waals surface area contributed by atoms with Gasteiger partial charge in [-0.25, -0.2) is 9.97 Å². The number of benzene rings is 1. The van der Waals surface area contributed by atoms with Crippen LogP contribution in [0, 0.1) is 0 Å². The zero-order valence-electron chi connectivity index (χ0n) is 15.7. The fourth-order valence-electron chi connectivity index (χ4n) is 3.06. The smallest absolute Gasteiger partial charge is 0.271 e. The molecule has 0 aliphatic heterocycles. The Labute approximate surface area is 166 Å². The quantitative estimate of drug-likeness (QED) is 0.449. The third-order valence-electron chi connectivity index (χ3n) is 4.49. The van der Waals surface area contributed by atoms with Crippen molar-refractivity contribution in [2.45, 2.75) is 32.2 Å². The van der Waals surface area contributed by atoms with E-state index in [0.717, 1.165) is 53.1 Å². The summed E-state index contributed by atoms with van der Waals surface area (Å²) in [5.41, 5.74) is 3.55. The molecule has 1 amide bonds. The third kappa shape index (κ3) is 4.45. The van der Waals surface area contributed by atoms with Gasteiger partial charge in [0.25, 0.3) is 5.91 Å². The van der Waals surface area contributed by atoms with Crippen LogP contribution in [0.3, 0.4) is 0 Å². The fraction of sp³-hybridized carbons (Fsp3) is 0.300. The third-order valence-corrected chi connectivity index (χ3v) is 5.40. The number of amides is 1. The number of aryl methyl sites for hydroxylation is 3. The van der Waals surface area contributed by atoms with E-state index in [0.29, 0.717) is 12.2 Å². The molecule has 3 aromatic heterocycles. The van der Waals surface area contributed by atoms with Crippen LogP contribution in [-0.2, 0) is 26.4 Å². The van der Waals surface area contributed by atoms with Gasteiger partial charge in [0.2, 0.25) is 0 Å². The first-order chi connectivity index (χ1) is 13.7. The molecule has 0 saturated carbocycles. The second-order valence-electron chi connectivity index (χ2n) is 6.74. The molecular weight excluding hydrogens is 372 g/mol. The molecule has 28 heavy (non-hydrogen) atoms. The summed E-state index contributed by atoms with van der Waals surface area (Å²) in [6, 6.07) is 8.07. The van der Waals surface area contributed by atoms with Crippen molar-refractivity contribution in [2.24, 2.45) is 7.05 Å². The van der Waals surface area contributed by atoms with Gasteiger partial charge in [0.1, 0.15) is 11.5 Å². The number of aromatic nitrogens is 5. The number of fused-ring (bicyclic) bond motifs is 1. The SMILES string of the molecule is Cn1cc(CNC(=O)c2csc(CCCCc3nc4ccccc4[nH]3)n2)cn1. The molecule has 0 radical (unpaired) electrons. The minimum absolute atomic E-state index is 0.145. The highest BCUT2D eigenvalue weighted by Crippen LogP contribution is 2.15. The number of nitrogens with one attached hydrogen (secondary N) is 2. The Hall–Kier alpha value is -3.00. The van der Waals surface area contributed by atoms with E-state index in [1.807, 2.05) is 42.9 Å². The van der Waals surface area contributed by atoms with E-state index in [1.165, 1.54) is 0 Å². The maximum absolute atomic E-state index is 12.2. The van der Waals surface area contributed by atoms with E-state index in [2.05, 4.69) is 25.4 Å². The van der Waals surface area contributed by atoms with Crippen molar-refractivity contribution in [1.29, 1.82) is 0 Å². The van der Waals surface area contributed by atoms with Crippen molar-refractivity contribution >= 4 is 28.3 Å². The average Bonchev–Trinajstić information content (AvgIpc) is 3.42. The van der Waals surface area contributed by atoms with Gasteiger partial charge in [-0.05, 0) is 31.4 Å². The van der Waals surface area contributed by atoms with E-state index in [9.17, 15) is 4.79 Å². The Morgan fingerprint density at radius 3 is 2.89 bits per heavy atom. The zero-order valence-corrected chi connectivity index (χ0v) is 16.5. The van der Waals surface area contributed by atoms with Crippen LogP contribution in [0.1, 0.15) is 39.7 Å². The highest BCUT2D eigenvalue weighted by atomic mass is 32.1. The number of hydrogen-bond acceptors (Lipinski definition) is 5. The predicted octanol–water partition coefficient (Wildman–Crippen LogP) is 3.25. The molecule has 1 aromatic carbocycles. The van der Waals surface area contributed by atoms with E-state index in [4.69, 9.17) is 0 Å². The highest BCUT2D eigenvalue weighted by molar-refractivity contribution is 7.09. The molecule has 0 spiro atoms. The summed E-state index contributed by atoms with van der Waals surface area (Å²) in [5.74, 6) is 0.879. The zero-order chi connectivity index (χ0) is 19.3. The summed E-state index contributed by atoms with van der Waals surface area (Å²) in [6.45, 7) is 0.455. The van der Waals surface area contributed by atoms with Gasteiger partial charge in [0.15, 0.2) is 0 Å². The summed E-state index contributed by atoms with van der Waals surface area (Å²) >= 11 is 1.54. The maximum Gasteiger partial charge on any atom is 0.271 e. The van der Waals surface area contributed by atoms with Gasteiger partial charge in [-0.15, -0.1) is 11.3 Å². The molecule has 8 heteroatoms. The van der Waals surface area contributed by atoms with Crippen LogP contribution < -0.4 is 5.32 Å². The molecule has 4 aromatic rings. The summed E-state index contributed by atoms with van der Waals surface area (Å²) in [5, 5.41) is 9.80. The van der Waals surface area contributed by atoms with E-state index in [1.54, 1.807) is 22.2 Å². The number of aromatic amines is 1. The second-order valence-corrected chi connectivity index (χ2v) is 7.68. The molecule has 4 rings (SSSR count). The van der Waals surface area contributed by atoms with Gasteiger partial charge in [0, 0.05) is 37.2 Å². The molecule has 0 unspecified atom stereocenters. The van der Waals surface area contributed by atoms with Crippen LogP contribution in [-0.4, -0.2) is 30.6 Å². The van der Waals surface area contributed by atoms with Gasteiger partial charge in [-0.1, -0.05) is 12.1 Å². The topological polar surface area (TPSA) is 88.5 Å². The summed E-state index contributed by atoms with van der Waals surface area (Å²) in [7, 11) is 1.85. The van der Waals surface area contributed by atoms with E-state index < -0.39 is 0 Å². The van der Waals surface area contributed by atoms with Crippen LogP contribution in [0.4, 0.5) is 0 Å². The lowest BCUT2D eigenvalue weighted by Crippen LogP contribution is -2.22. The Bertz CT molecular complexity index is 1050. The van der Waals surface area contributed by atoms with Gasteiger partial charge >= 0.3 is 0 Å². The van der Waals surface area contributed by atoms with Gasteiger partial charge < -0.3 is 10.3 Å². The normalized spacial score (nSPS) is 11.2. The molecule has 0 fully saturated rings. The minimum Gasteiger partial charge on any atom is -0.346 e. The lowest BCUT2D eigenvalue weighted by molar-refractivity contribution is 0.0946. The molecule has 0 saturated heterocycles. The van der Waals surface area contributed by atoms with Gasteiger partial charge in [-0.2, -0.15) is 5.10 Å². The first-order valence-electron chi connectivity index (χ1n) is 9.31. The second kappa shape index (κ2) is 8.35. The molecule has 0 aliphatic carbocycles. The molecule has 2 N–H and O–H groups in total. The van der Waals surface area contributed by atoms with E-state index in [-0.39, 0.29) is 5.91 Å². The minimum atomic E-state index is -0.145. The number of rotatable bonds is 8. The van der Waals surface area contributed by atoms with Crippen molar-refractivity contribution < 1.29 is 4.79 Å². The highest BCUT2D eigenvalue weighted by Gasteiger charge is 2.11. The van der Waals surface area contributed by atoms with Gasteiger partial charge in [0.05, 0.1) is 22.2 Å². The maximum atomic E-state index is 12.2. The molecule has 7 nitrogen and oxygen atoms in total. The first kappa shape index (κ1) is 18.4. The lowest BCUT2D eigenvalue weighted by atomic mass is 10.2. The van der Waals surface area contributed by atoms with Crippen molar-refractivity contribution in [3.05, 3.63) is 64.1 Å². The number of carbonyl (C=O) groups is 1. The fourth-order valence-corrected chi connectivity index (χ4v) is 3.88. The van der Waals surface area contributed by atoms with Crippen LogP contribution >= 0.6 is 11.3 Å². The Balaban J connectivity index is 1.22. The van der Waals surface area contributed by atoms with Crippen LogP contribution in [0.15, 0.2) is 42.0 Å². The lowest BCUT2D eigenvalue weighted by Gasteiger charge is -2.00. The Kier molecular flexibility index (Phi) is 5.48. The van der Waals surface area contributed by atoms with Crippen molar-refractivity contribution in [3.8, 4) is 0 Å². The number of para-hydroxylation sites is 2. The molecule has 0 atom stereocenters. The number of nitrogens with zero attached hydrogens (tertiary/aromatic N) is 4. The molecule has 144 valence electrons. The summed E-state index contributed by atoms with van der Waals surface area (Å²) in [6.07, 6.45) is 7.46. The monoisotopic (exact) mass is 394 g/mol. The number of unbranched alkanes of at least 4 members (excludes halogenated alkanes) is 1. The number of H-pyrrole nitrogens is 1. The van der Waals surface area contributed by atoms with Crippen LogP contribution in [0.5, 0.6) is 0 Å². The van der Waals surface area contributed by atoms with Crippen LogP contribution in [0.2, 0.25) is 0 Å². The van der Waals surface area contributed by atoms with E-state index >= 15 is 0 Å². The van der Waals surface area contributed by atoms with Crippen molar-refractivity contribution in [2.75, 3.05) is 0 Å². The van der Waals surface area contributed by atoms with Crippen molar-refractivity contribution in [1.82, 2.24) is 30.0 Å². The van der Waals surface area contributed by atoms with Gasteiger partial charge in [-0.3, -0.25) is 9.48 Å². The summed E-state index contributed by atoms with van der Waals surface area (Å²) < 4.78 is 1.72. The molecular formula is C20H22N6OS. The number of imidazole rings is 1. The average molecular weight is 395 g/mol. The number of hydrogen-bond donors (Lipinski definition) is 2.